The van der Waals surface area contributed by atoms with Gasteiger partial charge in [-0.3, -0.25) is 0 Å². The molecule has 0 saturated heterocycles. The number of amides is 2. The first-order chi connectivity index (χ1) is 10.7. The largest absolute Gasteiger partial charge is 0.490 e. The maximum absolute atomic E-state index is 12.0. The number of hydrogen-bond acceptors (Lipinski definition) is 3. The van der Waals surface area contributed by atoms with Crippen LogP contribution in [0.15, 0.2) is 42.5 Å². The van der Waals surface area contributed by atoms with Crippen molar-refractivity contribution >= 4 is 29.0 Å². The zero-order chi connectivity index (χ0) is 15.4. The van der Waals surface area contributed by atoms with E-state index in [1.807, 2.05) is 0 Å². The van der Waals surface area contributed by atoms with Gasteiger partial charge in [-0.1, -0.05) is 11.6 Å². The van der Waals surface area contributed by atoms with Crippen LogP contribution in [-0.2, 0) is 0 Å². The van der Waals surface area contributed by atoms with Gasteiger partial charge in [0.25, 0.3) is 0 Å². The SMILES string of the molecule is O=C(Nc1ccc(Cl)cc1)Nc1ccc2c(c1)OCCCO2. The van der Waals surface area contributed by atoms with Crippen molar-refractivity contribution in [1.29, 1.82) is 0 Å². The Morgan fingerprint density at radius 2 is 1.55 bits per heavy atom. The summed E-state index contributed by atoms with van der Waals surface area (Å²) < 4.78 is 11.1. The fraction of sp³-hybridized carbons (Fsp3) is 0.188. The van der Waals surface area contributed by atoms with Crippen LogP contribution in [0.25, 0.3) is 0 Å². The molecule has 0 fully saturated rings. The maximum atomic E-state index is 12.0. The van der Waals surface area contributed by atoms with Crippen LogP contribution in [-0.4, -0.2) is 19.2 Å². The summed E-state index contributed by atoms with van der Waals surface area (Å²) >= 11 is 5.80. The lowest BCUT2D eigenvalue weighted by molar-refractivity contribution is 0.262. The van der Waals surface area contributed by atoms with Gasteiger partial charge in [-0.05, 0) is 36.4 Å². The first-order valence-corrected chi connectivity index (χ1v) is 7.32. The van der Waals surface area contributed by atoms with E-state index >= 15 is 0 Å². The highest BCUT2D eigenvalue weighted by Gasteiger charge is 2.11. The van der Waals surface area contributed by atoms with Gasteiger partial charge < -0.3 is 20.1 Å². The van der Waals surface area contributed by atoms with E-state index in [0.29, 0.717) is 41.1 Å². The summed E-state index contributed by atoms with van der Waals surface area (Å²) in [7, 11) is 0. The lowest BCUT2D eigenvalue weighted by atomic mass is 10.2. The molecule has 0 unspecified atom stereocenters. The van der Waals surface area contributed by atoms with E-state index in [1.165, 1.54) is 0 Å². The molecule has 0 bridgehead atoms. The van der Waals surface area contributed by atoms with Crippen molar-refractivity contribution in [2.45, 2.75) is 6.42 Å². The Hall–Kier alpha value is -2.40. The number of anilines is 2. The van der Waals surface area contributed by atoms with E-state index in [-0.39, 0.29) is 6.03 Å². The Kier molecular flexibility index (Phi) is 4.34. The molecule has 0 spiro atoms. The summed E-state index contributed by atoms with van der Waals surface area (Å²) in [6.45, 7) is 1.24. The third-order valence-electron chi connectivity index (χ3n) is 3.11. The minimum absolute atomic E-state index is 0.336. The lowest BCUT2D eigenvalue weighted by Crippen LogP contribution is -2.19. The van der Waals surface area contributed by atoms with Crippen LogP contribution < -0.4 is 20.1 Å². The van der Waals surface area contributed by atoms with Crippen molar-refractivity contribution in [3.63, 3.8) is 0 Å². The van der Waals surface area contributed by atoms with Crippen molar-refractivity contribution in [3.05, 3.63) is 47.5 Å². The number of nitrogens with one attached hydrogen (secondary N) is 2. The Labute approximate surface area is 133 Å². The van der Waals surface area contributed by atoms with Crippen LogP contribution in [0, 0.1) is 0 Å². The van der Waals surface area contributed by atoms with Gasteiger partial charge in [0.1, 0.15) is 0 Å². The Balaban J connectivity index is 1.66. The average Bonchev–Trinajstić information content (AvgIpc) is 2.74. The summed E-state index contributed by atoms with van der Waals surface area (Å²) in [5.41, 5.74) is 1.30. The van der Waals surface area contributed by atoms with E-state index < -0.39 is 0 Å². The molecule has 3 rings (SSSR count). The van der Waals surface area contributed by atoms with Crippen LogP contribution in [0.2, 0.25) is 5.02 Å². The van der Waals surface area contributed by atoms with Gasteiger partial charge >= 0.3 is 6.03 Å². The van der Waals surface area contributed by atoms with Gasteiger partial charge in [0, 0.05) is 28.9 Å². The molecule has 1 aliphatic rings. The maximum Gasteiger partial charge on any atom is 0.323 e. The number of carbonyl (C=O) groups excluding carboxylic acids is 1. The quantitative estimate of drug-likeness (QED) is 0.874. The molecule has 1 aliphatic heterocycles. The Morgan fingerprint density at radius 3 is 2.32 bits per heavy atom. The highest BCUT2D eigenvalue weighted by atomic mass is 35.5. The van der Waals surface area contributed by atoms with Crippen molar-refractivity contribution < 1.29 is 14.3 Å². The average molecular weight is 319 g/mol. The molecule has 22 heavy (non-hydrogen) atoms. The van der Waals surface area contributed by atoms with Crippen molar-refractivity contribution in [2.75, 3.05) is 23.8 Å². The lowest BCUT2D eigenvalue weighted by Gasteiger charge is -2.11. The molecule has 2 N–H and O–H groups in total. The zero-order valence-corrected chi connectivity index (χ0v) is 12.5. The number of urea groups is 1. The topological polar surface area (TPSA) is 59.6 Å². The first-order valence-electron chi connectivity index (χ1n) is 6.94. The van der Waals surface area contributed by atoms with Gasteiger partial charge in [-0.2, -0.15) is 0 Å². The van der Waals surface area contributed by atoms with Crippen LogP contribution >= 0.6 is 11.6 Å². The van der Waals surface area contributed by atoms with E-state index in [0.717, 1.165) is 6.42 Å². The summed E-state index contributed by atoms with van der Waals surface area (Å²) in [4.78, 5) is 12.0. The molecule has 0 aromatic heterocycles. The molecule has 6 heteroatoms. The molecule has 2 aromatic rings. The minimum atomic E-state index is -0.336. The monoisotopic (exact) mass is 318 g/mol. The van der Waals surface area contributed by atoms with Gasteiger partial charge in [0.05, 0.1) is 13.2 Å². The first kappa shape index (κ1) is 14.5. The number of carbonyl (C=O) groups is 1. The molecular formula is C16H15ClN2O3. The summed E-state index contributed by atoms with van der Waals surface area (Å²) in [6.07, 6.45) is 0.842. The molecule has 2 aromatic carbocycles. The van der Waals surface area contributed by atoms with Crippen molar-refractivity contribution in [3.8, 4) is 11.5 Å². The van der Waals surface area contributed by atoms with Gasteiger partial charge in [-0.25, -0.2) is 4.79 Å². The van der Waals surface area contributed by atoms with Crippen LogP contribution in [0.3, 0.4) is 0 Å². The van der Waals surface area contributed by atoms with Gasteiger partial charge in [0.15, 0.2) is 11.5 Å². The Morgan fingerprint density at radius 1 is 0.909 bits per heavy atom. The number of ether oxygens (including phenoxy) is 2. The van der Waals surface area contributed by atoms with E-state index in [9.17, 15) is 4.79 Å². The van der Waals surface area contributed by atoms with Crippen LogP contribution in [0.5, 0.6) is 11.5 Å². The summed E-state index contributed by atoms with van der Waals surface area (Å²) in [5.74, 6) is 1.34. The standard InChI is InChI=1S/C16H15ClN2O3/c17-11-2-4-12(5-3-11)18-16(20)19-13-6-7-14-15(10-13)22-9-1-8-21-14/h2-7,10H,1,8-9H2,(H2,18,19,20). The molecule has 1 heterocycles. The third-order valence-corrected chi connectivity index (χ3v) is 3.36. The molecule has 0 atom stereocenters. The predicted molar refractivity (Wildman–Crippen MR) is 86.1 cm³/mol. The van der Waals surface area contributed by atoms with E-state index in [2.05, 4.69) is 10.6 Å². The minimum Gasteiger partial charge on any atom is -0.490 e. The highest BCUT2D eigenvalue weighted by Crippen LogP contribution is 2.32. The van der Waals surface area contributed by atoms with Crippen molar-refractivity contribution in [2.24, 2.45) is 0 Å². The number of rotatable bonds is 2. The van der Waals surface area contributed by atoms with Crippen molar-refractivity contribution in [1.82, 2.24) is 0 Å². The molecule has 5 nitrogen and oxygen atoms in total. The van der Waals surface area contributed by atoms with E-state index in [4.69, 9.17) is 21.1 Å². The third kappa shape index (κ3) is 3.62. The number of halogens is 1. The number of benzene rings is 2. The van der Waals surface area contributed by atoms with Crippen LogP contribution in [0.4, 0.5) is 16.2 Å². The summed E-state index contributed by atoms with van der Waals surface area (Å²) in [5, 5.41) is 6.11. The number of fused-ring (bicyclic) bond motifs is 1. The van der Waals surface area contributed by atoms with E-state index in [1.54, 1.807) is 42.5 Å². The molecule has 0 aliphatic carbocycles. The fourth-order valence-electron chi connectivity index (χ4n) is 2.07. The van der Waals surface area contributed by atoms with Gasteiger partial charge in [-0.15, -0.1) is 0 Å². The molecule has 114 valence electrons. The zero-order valence-electron chi connectivity index (χ0n) is 11.8. The second-order valence-electron chi connectivity index (χ2n) is 4.80. The normalized spacial score (nSPS) is 13.1. The molecular weight excluding hydrogens is 304 g/mol. The Bertz CT molecular complexity index is 674. The molecule has 0 saturated carbocycles. The number of hydrogen-bond donors (Lipinski definition) is 2. The summed E-state index contributed by atoms with van der Waals surface area (Å²) in [6, 6.07) is 11.9. The fourth-order valence-corrected chi connectivity index (χ4v) is 2.19. The van der Waals surface area contributed by atoms with Crippen LogP contribution in [0.1, 0.15) is 6.42 Å². The smallest absolute Gasteiger partial charge is 0.323 e. The van der Waals surface area contributed by atoms with Gasteiger partial charge in [0.2, 0.25) is 0 Å². The molecule has 0 radical (unpaired) electrons. The molecule has 2 amide bonds. The second-order valence-corrected chi connectivity index (χ2v) is 5.23. The second kappa shape index (κ2) is 6.58. The highest BCUT2D eigenvalue weighted by molar-refractivity contribution is 6.30. The predicted octanol–water partition coefficient (Wildman–Crippen LogP) is 4.15.